The smallest absolute Gasteiger partial charge is 0.277 e. The van der Waals surface area contributed by atoms with Crippen molar-refractivity contribution in [3.8, 4) is 0 Å². The Morgan fingerprint density at radius 1 is 1.58 bits per heavy atom. The number of nitrogen functional groups attached to an aromatic ring is 2. The summed E-state index contributed by atoms with van der Waals surface area (Å²) in [5.41, 5.74) is 10.2. The first-order chi connectivity index (χ1) is 5.65. The van der Waals surface area contributed by atoms with E-state index in [4.69, 9.17) is 11.5 Å². The van der Waals surface area contributed by atoms with Gasteiger partial charge in [-0.25, -0.2) is 0 Å². The predicted molar refractivity (Wildman–Crippen MR) is 47.8 cm³/mol. The van der Waals surface area contributed by atoms with Gasteiger partial charge in [-0.15, -0.1) is 0 Å². The first-order valence-corrected chi connectivity index (χ1v) is 3.54. The van der Waals surface area contributed by atoms with Crippen LogP contribution in [0.3, 0.4) is 0 Å². The van der Waals surface area contributed by atoms with Crippen LogP contribution in [0.5, 0.6) is 0 Å². The number of nitrogens with zero attached hydrogens (tertiary/aromatic N) is 1. The number of hydrogen-bond donors (Lipinski definition) is 4. The van der Waals surface area contributed by atoms with Gasteiger partial charge in [0.05, 0.1) is 0 Å². The van der Waals surface area contributed by atoms with Gasteiger partial charge in [-0.3, -0.25) is 9.78 Å². The second kappa shape index (κ2) is 3.12. The van der Waals surface area contributed by atoms with Gasteiger partial charge in [-0.1, -0.05) is 0 Å². The molecule has 0 aliphatic rings. The van der Waals surface area contributed by atoms with E-state index in [-0.39, 0.29) is 11.5 Å². The lowest BCUT2D eigenvalue weighted by Gasteiger charge is -2.03. The Hall–Kier alpha value is -1.72. The van der Waals surface area contributed by atoms with Crippen LogP contribution in [-0.4, -0.2) is 16.5 Å². The highest BCUT2D eigenvalue weighted by Gasteiger charge is 2.02. The molecule has 0 amide bonds. The minimum absolute atomic E-state index is 0.0448. The van der Waals surface area contributed by atoms with Crippen LogP contribution in [0.4, 0.5) is 17.5 Å². The number of H-pyrrole nitrogens is 1. The minimum Gasteiger partial charge on any atom is -0.391 e. The van der Waals surface area contributed by atoms with Crippen LogP contribution in [-0.2, 0) is 0 Å². The quantitative estimate of drug-likeness (QED) is 0.471. The van der Waals surface area contributed by atoms with Crippen molar-refractivity contribution in [2.24, 2.45) is 0 Å². The van der Waals surface area contributed by atoms with Gasteiger partial charge in [0, 0.05) is 6.54 Å². The number of hydrogen-bond acceptors (Lipinski definition) is 5. The van der Waals surface area contributed by atoms with E-state index in [0.717, 1.165) is 0 Å². The van der Waals surface area contributed by atoms with E-state index in [9.17, 15) is 4.79 Å². The maximum Gasteiger partial charge on any atom is 0.277 e. The van der Waals surface area contributed by atoms with Crippen LogP contribution < -0.4 is 22.3 Å². The molecule has 6 nitrogen and oxygen atoms in total. The third-order valence-electron chi connectivity index (χ3n) is 1.33. The van der Waals surface area contributed by atoms with Crippen molar-refractivity contribution in [3.05, 3.63) is 10.4 Å². The highest BCUT2D eigenvalue weighted by molar-refractivity contribution is 5.58. The van der Waals surface area contributed by atoms with Crippen molar-refractivity contribution in [3.63, 3.8) is 0 Å². The lowest BCUT2D eigenvalue weighted by molar-refractivity contribution is 1.07. The summed E-state index contributed by atoms with van der Waals surface area (Å²) in [5, 5.41) is 2.81. The summed E-state index contributed by atoms with van der Waals surface area (Å²) in [7, 11) is 0. The maximum atomic E-state index is 11.0. The van der Waals surface area contributed by atoms with Gasteiger partial charge in [-0.2, -0.15) is 4.98 Å². The third-order valence-corrected chi connectivity index (χ3v) is 1.33. The van der Waals surface area contributed by atoms with Gasteiger partial charge in [0.15, 0.2) is 5.82 Å². The molecule has 12 heavy (non-hydrogen) atoms. The summed E-state index contributed by atoms with van der Waals surface area (Å²) in [5.74, 6) is 0.393. The minimum atomic E-state index is -0.418. The average molecular weight is 169 g/mol. The number of nitrogens with two attached hydrogens (primary N) is 2. The molecule has 0 atom stereocenters. The van der Waals surface area contributed by atoms with Crippen LogP contribution in [0.1, 0.15) is 6.92 Å². The second-order valence-corrected chi connectivity index (χ2v) is 2.24. The normalized spacial score (nSPS) is 9.75. The molecule has 0 saturated heterocycles. The molecule has 1 heterocycles. The molecule has 6 N–H and O–H groups in total. The van der Waals surface area contributed by atoms with E-state index in [2.05, 4.69) is 15.3 Å². The van der Waals surface area contributed by atoms with Gasteiger partial charge in [0.25, 0.3) is 5.56 Å². The number of rotatable bonds is 2. The molecule has 6 heteroatoms. The lowest BCUT2D eigenvalue weighted by Crippen LogP contribution is -2.18. The maximum absolute atomic E-state index is 11.0. The molecule has 1 rings (SSSR count). The topological polar surface area (TPSA) is 110 Å². The fraction of sp³-hybridized carbons (Fsp3) is 0.333. The molecule has 0 aliphatic heterocycles. The number of aromatic amines is 1. The first kappa shape index (κ1) is 8.38. The molecule has 66 valence electrons. The number of anilines is 3. The third kappa shape index (κ3) is 1.47. The fourth-order valence-electron chi connectivity index (χ4n) is 0.751. The summed E-state index contributed by atoms with van der Waals surface area (Å²) in [6.07, 6.45) is 0. The van der Waals surface area contributed by atoms with Crippen LogP contribution in [0.2, 0.25) is 0 Å². The zero-order valence-corrected chi connectivity index (χ0v) is 6.72. The van der Waals surface area contributed by atoms with Crippen LogP contribution in [0.25, 0.3) is 0 Å². The molecule has 0 bridgehead atoms. The van der Waals surface area contributed by atoms with Crippen molar-refractivity contribution in [1.29, 1.82) is 0 Å². The Balaban J connectivity index is 3.13. The fourth-order valence-corrected chi connectivity index (χ4v) is 0.751. The first-order valence-electron chi connectivity index (χ1n) is 3.54. The largest absolute Gasteiger partial charge is 0.391 e. The summed E-state index contributed by atoms with van der Waals surface area (Å²) in [6.45, 7) is 2.54. The van der Waals surface area contributed by atoms with Gasteiger partial charge < -0.3 is 16.8 Å². The Morgan fingerprint density at radius 3 is 2.75 bits per heavy atom. The molecule has 0 aromatic carbocycles. The van der Waals surface area contributed by atoms with Crippen molar-refractivity contribution in [2.75, 3.05) is 23.3 Å². The standard InChI is InChI=1S/C6H11N5O/c1-2-9-6-10-4(8)3(7)5(12)11-6/h2,7H2,1H3,(H4,8,9,10,11,12). The van der Waals surface area contributed by atoms with Crippen molar-refractivity contribution in [2.45, 2.75) is 6.92 Å². The second-order valence-electron chi connectivity index (χ2n) is 2.24. The molecule has 1 aromatic heterocycles. The van der Waals surface area contributed by atoms with E-state index in [1.807, 2.05) is 6.92 Å². The van der Waals surface area contributed by atoms with E-state index < -0.39 is 5.56 Å². The molecule has 0 spiro atoms. The van der Waals surface area contributed by atoms with Gasteiger partial charge in [-0.05, 0) is 6.92 Å². The molecule has 0 saturated carbocycles. The SMILES string of the molecule is CCNc1nc(N)c(N)c(=O)[nH]1. The van der Waals surface area contributed by atoms with Crippen molar-refractivity contribution >= 4 is 17.5 Å². The highest BCUT2D eigenvalue weighted by atomic mass is 16.1. The Labute approximate surface area is 69.0 Å². The Morgan fingerprint density at radius 2 is 2.25 bits per heavy atom. The number of nitrogens with one attached hydrogen (secondary N) is 2. The van der Waals surface area contributed by atoms with E-state index in [1.165, 1.54) is 0 Å². The summed E-state index contributed by atoms with van der Waals surface area (Å²) in [4.78, 5) is 17.2. The van der Waals surface area contributed by atoms with E-state index in [1.54, 1.807) is 0 Å². The Kier molecular flexibility index (Phi) is 2.18. The van der Waals surface area contributed by atoms with Crippen molar-refractivity contribution in [1.82, 2.24) is 9.97 Å². The molecule has 0 aliphatic carbocycles. The lowest BCUT2D eigenvalue weighted by atomic mass is 10.5. The molecule has 0 fully saturated rings. The highest BCUT2D eigenvalue weighted by Crippen LogP contribution is 2.05. The monoisotopic (exact) mass is 169 g/mol. The van der Waals surface area contributed by atoms with Gasteiger partial charge >= 0.3 is 0 Å². The Bertz CT molecular complexity index is 331. The van der Waals surface area contributed by atoms with Gasteiger partial charge in [0.1, 0.15) is 5.69 Å². The predicted octanol–water partition coefficient (Wildman–Crippen LogP) is -0.634. The molecule has 1 aromatic rings. The molecule has 0 radical (unpaired) electrons. The van der Waals surface area contributed by atoms with Crippen LogP contribution >= 0.6 is 0 Å². The molecular weight excluding hydrogens is 158 g/mol. The molecule has 0 unspecified atom stereocenters. The van der Waals surface area contributed by atoms with Crippen LogP contribution in [0.15, 0.2) is 4.79 Å². The van der Waals surface area contributed by atoms with Crippen LogP contribution in [0, 0.1) is 0 Å². The summed E-state index contributed by atoms with van der Waals surface area (Å²) >= 11 is 0. The van der Waals surface area contributed by atoms with Crippen molar-refractivity contribution < 1.29 is 0 Å². The summed E-state index contributed by atoms with van der Waals surface area (Å²) in [6, 6.07) is 0. The van der Waals surface area contributed by atoms with E-state index >= 15 is 0 Å². The average Bonchev–Trinajstić information content (AvgIpc) is 2.01. The number of aromatic nitrogens is 2. The van der Waals surface area contributed by atoms with E-state index in [0.29, 0.717) is 12.5 Å². The zero-order chi connectivity index (χ0) is 9.14. The van der Waals surface area contributed by atoms with Gasteiger partial charge in [0.2, 0.25) is 5.95 Å². The molecular formula is C6H11N5O. The zero-order valence-electron chi connectivity index (χ0n) is 6.72. The summed E-state index contributed by atoms with van der Waals surface area (Å²) < 4.78 is 0.